The first-order chi connectivity index (χ1) is 25.3. The van der Waals surface area contributed by atoms with Gasteiger partial charge in [0.05, 0.1) is 0 Å². The molecule has 0 aliphatic carbocycles. The Morgan fingerprint density at radius 3 is 1.41 bits per heavy atom. The molecule has 0 bridgehead atoms. The molecule has 1 aliphatic heterocycles. The van der Waals surface area contributed by atoms with Crippen LogP contribution in [0.25, 0.3) is 98.4 Å². The lowest BCUT2D eigenvalue weighted by Gasteiger charge is -2.23. The fourth-order valence-electron chi connectivity index (χ4n) is 8.42. The summed E-state index contributed by atoms with van der Waals surface area (Å²) in [6, 6.07) is 66.4. The lowest BCUT2D eigenvalue weighted by molar-refractivity contribution is 0.487. The summed E-state index contributed by atoms with van der Waals surface area (Å²) in [5, 5.41) is 12.4. The van der Waals surface area contributed by atoms with E-state index >= 15 is 0 Å². The van der Waals surface area contributed by atoms with E-state index in [9.17, 15) is 0 Å². The number of benzene rings is 10. The summed E-state index contributed by atoms with van der Waals surface area (Å²) < 4.78 is 6.48. The van der Waals surface area contributed by atoms with E-state index in [2.05, 4.69) is 182 Å². The molecule has 0 spiro atoms. The Bertz CT molecular complexity index is 3000. The van der Waals surface area contributed by atoms with Gasteiger partial charge in [-0.1, -0.05) is 146 Å². The summed E-state index contributed by atoms with van der Waals surface area (Å²) >= 11 is 0. The maximum absolute atomic E-state index is 6.48. The van der Waals surface area contributed by atoms with Gasteiger partial charge in [-0.15, -0.1) is 0 Å². The molecule has 10 aromatic carbocycles. The second-order valence-corrected chi connectivity index (χ2v) is 13.7. The van der Waals surface area contributed by atoms with E-state index in [0.29, 0.717) is 0 Å². The van der Waals surface area contributed by atoms with Gasteiger partial charge in [-0.2, -0.15) is 0 Å². The third-order valence-corrected chi connectivity index (χ3v) is 10.8. The molecule has 1 heterocycles. The second-order valence-electron chi connectivity index (χ2n) is 13.7. The molecule has 0 unspecified atom stereocenters. The summed E-state index contributed by atoms with van der Waals surface area (Å²) in [4.78, 5) is 0. The van der Waals surface area contributed by atoms with Gasteiger partial charge in [-0.3, -0.25) is 0 Å². The quantitative estimate of drug-likeness (QED) is 0.174. The maximum atomic E-state index is 6.48. The highest BCUT2D eigenvalue weighted by Crippen LogP contribution is 2.50. The Kier molecular flexibility index (Phi) is 6.02. The number of ether oxygens (including phenoxy) is 1. The summed E-state index contributed by atoms with van der Waals surface area (Å²) in [5.41, 5.74) is 9.75. The Balaban J connectivity index is 1.08. The minimum Gasteiger partial charge on any atom is -0.456 e. The molecule has 1 nitrogen and oxygen atoms in total. The van der Waals surface area contributed by atoms with E-state index < -0.39 is 0 Å². The van der Waals surface area contributed by atoms with Crippen LogP contribution in [0.3, 0.4) is 0 Å². The Labute approximate surface area is 295 Å². The van der Waals surface area contributed by atoms with Crippen molar-refractivity contribution in [3.63, 3.8) is 0 Å². The molecule has 236 valence electrons. The minimum absolute atomic E-state index is 0.898. The van der Waals surface area contributed by atoms with Crippen molar-refractivity contribution in [3.05, 3.63) is 182 Å². The van der Waals surface area contributed by atoms with Crippen LogP contribution >= 0.6 is 0 Å². The van der Waals surface area contributed by atoms with Gasteiger partial charge < -0.3 is 4.74 Å². The van der Waals surface area contributed by atoms with Crippen molar-refractivity contribution in [2.45, 2.75) is 0 Å². The highest BCUT2D eigenvalue weighted by atomic mass is 16.5. The molecular formula is C50H30O. The lowest BCUT2D eigenvalue weighted by atomic mass is 9.84. The smallest absolute Gasteiger partial charge is 0.135 e. The number of fused-ring (bicyclic) bond motifs is 6. The molecule has 0 amide bonds. The molecular weight excluding hydrogens is 617 g/mol. The zero-order chi connectivity index (χ0) is 33.5. The predicted molar refractivity (Wildman–Crippen MR) is 216 cm³/mol. The SMILES string of the molecule is c1ccc2cc(-c3ccc4cc(-c5c6ccccc6c(-c6ccc7c(c6)-c6cccc8cccc(c68)O7)c6ccccc56)ccc4c3)ccc2c1. The van der Waals surface area contributed by atoms with Crippen molar-refractivity contribution >= 4 is 53.9 Å². The third kappa shape index (κ3) is 4.35. The van der Waals surface area contributed by atoms with Gasteiger partial charge in [0.1, 0.15) is 11.5 Å². The largest absolute Gasteiger partial charge is 0.456 e. The van der Waals surface area contributed by atoms with Gasteiger partial charge in [0.2, 0.25) is 0 Å². The molecule has 0 N–H and O–H groups in total. The molecule has 0 saturated carbocycles. The first-order valence-electron chi connectivity index (χ1n) is 17.6. The maximum Gasteiger partial charge on any atom is 0.135 e. The number of rotatable bonds is 3. The third-order valence-electron chi connectivity index (χ3n) is 10.8. The Hall–Kier alpha value is -6.70. The van der Waals surface area contributed by atoms with E-state index in [1.165, 1.54) is 92.8 Å². The van der Waals surface area contributed by atoms with E-state index in [1.807, 2.05) is 0 Å². The van der Waals surface area contributed by atoms with E-state index in [1.54, 1.807) is 0 Å². The van der Waals surface area contributed by atoms with Crippen LogP contribution in [0.2, 0.25) is 0 Å². The van der Waals surface area contributed by atoms with E-state index in [0.717, 1.165) is 17.1 Å². The van der Waals surface area contributed by atoms with Gasteiger partial charge in [0.15, 0.2) is 0 Å². The Morgan fingerprint density at radius 1 is 0.275 bits per heavy atom. The van der Waals surface area contributed by atoms with Crippen LogP contribution in [-0.4, -0.2) is 0 Å². The van der Waals surface area contributed by atoms with E-state index in [4.69, 9.17) is 4.74 Å². The fraction of sp³-hybridized carbons (Fsp3) is 0. The monoisotopic (exact) mass is 646 g/mol. The average molecular weight is 647 g/mol. The number of hydrogen-bond donors (Lipinski definition) is 0. The number of hydrogen-bond acceptors (Lipinski definition) is 1. The summed E-state index contributed by atoms with van der Waals surface area (Å²) in [6.45, 7) is 0. The molecule has 0 radical (unpaired) electrons. The summed E-state index contributed by atoms with van der Waals surface area (Å²) in [5.74, 6) is 1.82. The molecule has 1 heteroatoms. The van der Waals surface area contributed by atoms with Crippen LogP contribution in [0.5, 0.6) is 11.5 Å². The topological polar surface area (TPSA) is 9.23 Å². The molecule has 0 fully saturated rings. The first kappa shape index (κ1) is 28.2. The van der Waals surface area contributed by atoms with Crippen LogP contribution < -0.4 is 4.74 Å². The van der Waals surface area contributed by atoms with Crippen molar-refractivity contribution in [3.8, 4) is 56.0 Å². The molecule has 10 aromatic rings. The zero-order valence-electron chi connectivity index (χ0n) is 27.7. The lowest BCUT2D eigenvalue weighted by Crippen LogP contribution is -1.97. The Morgan fingerprint density at radius 2 is 0.745 bits per heavy atom. The van der Waals surface area contributed by atoms with Crippen LogP contribution in [0.4, 0.5) is 0 Å². The normalized spacial score (nSPS) is 12.1. The van der Waals surface area contributed by atoms with Gasteiger partial charge in [-0.05, 0) is 124 Å². The molecule has 11 rings (SSSR count). The molecule has 0 aromatic heterocycles. The molecule has 51 heavy (non-hydrogen) atoms. The zero-order valence-corrected chi connectivity index (χ0v) is 27.7. The van der Waals surface area contributed by atoms with Crippen LogP contribution in [0, 0.1) is 0 Å². The average Bonchev–Trinajstić information content (AvgIpc) is 3.19. The van der Waals surface area contributed by atoms with Gasteiger partial charge in [0, 0.05) is 10.9 Å². The highest BCUT2D eigenvalue weighted by molar-refractivity contribution is 6.22. The predicted octanol–water partition coefficient (Wildman–Crippen LogP) is 14.2. The van der Waals surface area contributed by atoms with Gasteiger partial charge in [0.25, 0.3) is 0 Å². The fourth-order valence-corrected chi connectivity index (χ4v) is 8.42. The van der Waals surface area contributed by atoms with Crippen molar-refractivity contribution in [1.29, 1.82) is 0 Å². The summed E-state index contributed by atoms with van der Waals surface area (Å²) in [6.07, 6.45) is 0. The molecule has 0 saturated heterocycles. The van der Waals surface area contributed by atoms with E-state index in [-0.39, 0.29) is 0 Å². The molecule has 0 atom stereocenters. The van der Waals surface area contributed by atoms with Gasteiger partial charge >= 0.3 is 0 Å². The summed E-state index contributed by atoms with van der Waals surface area (Å²) in [7, 11) is 0. The van der Waals surface area contributed by atoms with Gasteiger partial charge in [-0.25, -0.2) is 0 Å². The minimum atomic E-state index is 0.898. The van der Waals surface area contributed by atoms with Crippen LogP contribution in [-0.2, 0) is 0 Å². The van der Waals surface area contributed by atoms with Crippen molar-refractivity contribution in [2.75, 3.05) is 0 Å². The standard InChI is InChI=1S/C50H30O/c1-2-10-33-27-34(20-19-31(33)9-1)35-21-22-37-29-38(24-23-36(37)28-35)48-40-13-3-5-15-42(40)49(43-16-6-4-14-41(43)48)39-25-26-46-45(30-39)44-17-7-11-32-12-8-18-47(51-46)50(32)44/h1-30H. The molecule has 1 aliphatic rings. The van der Waals surface area contributed by atoms with Crippen molar-refractivity contribution in [2.24, 2.45) is 0 Å². The highest BCUT2D eigenvalue weighted by Gasteiger charge is 2.22. The first-order valence-corrected chi connectivity index (χ1v) is 17.6. The van der Waals surface area contributed by atoms with Crippen LogP contribution in [0.1, 0.15) is 0 Å². The van der Waals surface area contributed by atoms with Crippen molar-refractivity contribution < 1.29 is 4.74 Å². The second kappa shape index (κ2) is 10.9. The van der Waals surface area contributed by atoms with Crippen molar-refractivity contribution in [1.82, 2.24) is 0 Å². The van der Waals surface area contributed by atoms with Crippen LogP contribution in [0.15, 0.2) is 182 Å².